The minimum absolute atomic E-state index is 0.240. The molecule has 0 unspecified atom stereocenters. The molecule has 0 aliphatic carbocycles. The molecule has 1 aliphatic rings. The monoisotopic (exact) mass is 369 g/mol. The third-order valence-corrected chi connectivity index (χ3v) is 4.65. The van der Waals surface area contributed by atoms with Crippen molar-refractivity contribution in [2.45, 2.75) is 25.5 Å². The van der Waals surface area contributed by atoms with E-state index in [-0.39, 0.29) is 12.5 Å². The number of aromatic nitrogens is 3. The van der Waals surface area contributed by atoms with Gasteiger partial charge in [0.25, 0.3) is 5.91 Å². The van der Waals surface area contributed by atoms with E-state index >= 15 is 0 Å². The fraction of sp³-hybridized carbons (Fsp3) is 0.222. The Morgan fingerprint density at radius 3 is 2.92 bits per heavy atom. The van der Waals surface area contributed by atoms with Crippen LogP contribution in [0.15, 0.2) is 53.8 Å². The van der Waals surface area contributed by atoms with Gasteiger partial charge in [-0.15, -0.1) is 10.2 Å². The third-order valence-electron chi connectivity index (χ3n) is 4.32. The second kappa shape index (κ2) is 6.42. The average molecular weight is 370 g/mol. The Labute approximate surface area is 154 Å². The number of carbonyl (C=O) groups is 1. The van der Waals surface area contributed by atoms with Gasteiger partial charge < -0.3 is 10.2 Å². The Morgan fingerprint density at radius 1 is 1.27 bits per heavy atom. The fourth-order valence-corrected chi connectivity index (χ4v) is 3.10. The van der Waals surface area contributed by atoms with Gasteiger partial charge in [0.1, 0.15) is 0 Å². The van der Waals surface area contributed by atoms with E-state index in [0.717, 1.165) is 11.2 Å². The standard InChI is InChI=1S/C18H16ClN5O2/c1-18(10-14(23-26-18)12-6-2-3-7-13(12)19)17(25)20-11-16-22-21-15-8-4-5-9-24(15)16/h2-9H,10-11H2,1H3,(H,20,25)/t18-/m0/s1. The molecule has 1 N–H and O–H groups in total. The summed E-state index contributed by atoms with van der Waals surface area (Å²) in [4.78, 5) is 18.1. The second-order valence-electron chi connectivity index (χ2n) is 6.24. The lowest BCUT2D eigenvalue weighted by atomic mass is 9.95. The van der Waals surface area contributed by atoms with Crippen LogP contribution in [0.3, 0.4) is 0 Å². The number of pyridine rings is 1. The minimum Gasteiger partial charge on any atom is -0.379 e. The number of benzene rings is 1. The molecule has 2 aromatic heterocycles. The highest BCUT2D eigenvalue weighted by Gasteiger charge is 2.42. The largest absolute Gasteiger partial charge is 0.379 e. The Morgan fingerprint density at radius 2 is 2.08 bits per heavy atom. The lowest BCUT2D eigenvalue weighted by molar-refractivity contribution is -0.141. The average Bonchev–Trinajstić information content (AvgIpc) is 3.25. The summed E-state index contributed by atoms with van der Waals surface area (Å²) in [5, 5.41) is 15.7. The Balaban J connectivity index is 1.45. The number of nitrogens with zero attached hydrogens (tertiary/aromatic N) is 4. The Hall–Kier alpha value is -2.93. The highest BCUT2D eigenvalue weighted by Crippen LogP contribution is 2.29. The van der Waals surface area contributed by atoms with Crippen LogP contribution in [0.2, 0.25) is 5.02 Å². The number of nitrogens with one attached hydrogen (secondary N) is 1. The van der Waals surface area contributed by atoms with Crippen molar-refractivity contribution in [3.8, 4) is 0 Å². The molecule has 1 aliphatic heterocycles. The summed E-state index contributed by atoms with van der Waals surface area (Å²) < 4.78 is 1.82. The molecule has 1 amide bonds. The van der Waals surface area contributed by atoms with Crippen molar-refractivity contribution in [2.24, 2.45) is 5.16 Å². The molecule has 26 heavy (non-hydrogen) atoms. The summed E-state index contributed by atoms with van der Waals surface area (Å²) in [6, 6.07) is 13.0. The lowest BCUT2D eigenvalue weighted by Crippen LogP contribution is -2.44. The molecular weight excluding hydrogens is 354 g/mol. The fourth-order valence-electron chi connectivity index (χ4n) is 2.86. The van der Waals surface area contributed by atoms with E-state index in [1.165, 1.54) is 0 Å². The van der Waals surface area contributed by atoms with Gasteiger partial charge in [-0.1, -0.05) is 41.0 Å². The smallest absolute Gasteiger partial charge is 0.267 e. The van der Waals surface area contributed by atoms with Crippen LogP contribution in [0.1, 0.15) is 24.7 Å². The lowest BCUT2D eigenvalue weighted by Gasteiger charge is -2.20. The third kappa shape index (κ3) is 2.90. The summed E-state index contributed by atoms with van der Waals surface area (Å²) in [5.74, 6) is 0.374. The first-order valence-electron chi connectivity index (χ1n) is 8.14. The zero-order valence-electron chi connectivity index (χ0n) is 14.0. The minimum atomic E-state index is -1.09. The number of hydrogen-bond donors (Lipinski definition) is 1. The van der Waals surface area contributed by atoms with Gasteiger partial charge in [0.2, 0.25) is 5.60 Å². The zero-order valence-corrected chi connectivity index (χ0v) is 14.8. The SMILES string of the molecule is C[C@@]1(C(=O)NCc2nnc3ccccn23)CC(c2ccccc2Cl)=NO1. The van der Waals surface area contributed by atoms with Gasteiger partial charge in [-0.25, -0.2) is 0 Å². The van der Waals surface area contributed by atoms with Crippen molar-refractivity contribution in [1.82, 2.24) is 19.9 Å². The number of halogens is 1. The maximum atomic E-state index is 12.7. The summed E-state index contributed by atoms with van der Waals surface area (Å²) >= 11 is 6.21. The zero-order chi connectivity index (χ0) is 18.1. The molecule has 4 rings (SSSR count). The molecule has 3 heterocycles. The number of amides is 1. The van der Waals surface area contributed by atoms with E-state index in [0.29, 0.717) is 23.0 Å². The van der Waals surface area contributed by atoms with Gasteiger partial charge in [0.05, 0.1) is 12.3 Å². The molecule has 132 valence electrons. The van der Waals surface area contributed by atoms with Crippen molar-refractivity contribution in [3.05, 3.63) is 65.1 Å². The van der Waals surface area contributed by atoms with Crippen LogP contribution < -0.4 is 5.32 Å². The topological polar surface area (TPSA) is 80.9 Å². The van der Waals surface area contributed by atoms with E-state index in [1.54, 1.807) is 13.0 Å². The highest BCUT2D eigenvalue weighted by molar-refractivity contribution is 6.34. The van der Waals surface area contributed by atoms with Crippen molar-refractivity contribution < 1.29 is 9.63 Å². The predicted octanol–water partition coefficient (Wildman–Crippen LogP) is 2.58. The molecular formula is C18H16ClN5O2. The summed E-state index contributed by atoms with van der Waals surface area (Å²) in [6.45, 7) is 1.95. The maximum absolute atomic E-state index is 12.7. The Bertz CT molecular complexity index is 1020. The molecule has 8 heteroatoms. The van der Waals surface area contributed by atoms with Crippen molar-refractivity contribution in [3.63, 3.8) is 0 Å². The normalized spacial score (nSPS) is 19.2. The van der Waals surface area contributed by atoms with E-state index in [1.807, 2.05) is 47.0 Å². The summed E-state index contributed by atoms with van der Waals surface area (Å²) in [7, 11) is 0. The van der Waals surface area contributed by atoms with E-state index in [4.69, 9.17) is 16.4 Å². The molecule has 0 saturated carbocycles. The number of fused-ring (bicyclic) bond motifs is 1. The molecule has 3 aromatic rings. The van der Waals surface area contributed by atoms with Gasteiger partial charge in [-0.05, 0) is 25.1 Å². The first kappa shape index (κ1) is 16.5. The van der Waals surface area contributed by atoms with Crippen LogP contribution in [0.4, 0.5) is 0 Å². The molecule has 1 atom stereocenters. The van der Waals surface area contributed by atoms with Gasteiger partial charge in [0, 0.05) is 23.2 Å². The molecule has 0 spiro atoms. The number of oxime groups is 1. The van der Waals surface area contributed by atoms with E-state index in [2.05, 4.69) is 20.7 Å². The number of rotatable bonds is 4. The van der Waals surface area contributed by atoms with Crippen LogP contribution in [0.25, 0.3) is 5.65 Å². The summed E-state index contributed by atoms with van der Waals surface area (Å²) in [5.41, 5.74) is 1.06. The van der Waals surface area contributed by atoms with Crippen LogP contribution in [-0.2, 0) is 16.2 Å². The molecule has 0 bridgehead atoms. The van der Waals surface area contributed by atoms with Crippen molar-refractivity contribution in [2.75, 3.05) is 0 Å². The van der Waals surface area contributed by atoms with E-state index < -0.39 is 5.60 Å². The molecule has 0 saturated heterocycles. The quantitative estimate of drug-likeness (QED) is 0.766. The van der Waals surface area contributed by atoms with Crippen LogP contribution in [-0.4, -0.2) is 31.8 Å². The molecule has 1 aromatic carbocycles. The maximum Gasteiger partial charge on any atom is 0.267 e. The van der Waals surface area contributed by atoms with Crippen molar-refractivity contribution >= 4 is 28.9 Å². The van der Waals surface area contributed by atoms with Crippen LogP contribution in [0, 0.1) is 0 Å². The van der Waals surface area contributed by atoms with Crippen LogP contribution in [0.5, 0.6) is 0 Å². The number of hydrogen-bond acceptors (Lipinski definition) is 5. The van der Waals surface area contributed by atoms with E-state index in [9.17, 15) is 4.79 Å². The highest BCUT2D eigenvalue weighted by atomic mass is 35.5. The van der Waals surface area contributed by atoms with Crippen LogP contribution >= 0.6 is 11.6 Å². The number of carbonyl (C=O) groups excluding carboxylic acids is 1. The molecule has 0 fully saturated rings. The first-order valence-corrected chi connectivity index (χ1v) is 8.51. The summed E-state index contributed by atoms with van der Waals surface area (Å²) in [6.07, 6.45) is 2.19. The predicted molar refractivity (Wildman–Crippen MR) is 96.9 cm³/mol. The van der Waals surface area contributed by atoms with Crippen molar-refractivity contribution in [1.29, 1.82) is 0 Å². The second-order valence-corrected chi connectivity index (χ2v) is 6.65. The first-order chi connectivity index (χ1) is 12.6. The van der Waals surface area contributed by atoms with Gasteiger partial charge in [0.15, 0.2) is 11.5 Å². The van der Waals surface area contributed by atoms with Gasteiger partial charge >= 0.3 is 0 Å². The van der Waals surface area contributed by atoms with Gasteiger partial charge in [-0.3, -0.25) is 9.20 Å². The van der Waals surface area contributed by atoms with Gasteiger partial charge in [-0.2, -0.15) is 0 Å². The molecule has 0 radical (unpaired) electrons. The molecule has 7 nitrogen and oxygen atoms in total. The Kier molecular flexibility index (Phi) is 4.08.